The molecule has 1 aliphatic rings. The van der Waals surface area contributed by atoms with E-state index in [4.69, 9.17) is 0 Å². The molecule has 0 spiro atoms. The van der Waals surface area contributed by atoms with Crippen LogP contribution in [0.4, 0.5) is 5.82 Å². The summed E-state index contributed by atoms with van der Waals surface area (Å²) in [6, 6.07) is 4.23. The number of aromatic nitrogens is 1. The molecule has 1 aliphatic carbocycles. The van der Waals surface area contributed by atoms with Crippen LogP contribution in [0, 0.1) is 0 Å². The van der Waals surface area contributed by atoms with E-state index in [-0.39, 0.29) is 0 Å². The molecule has 2 nitrogen and oxygen atoms in total. The van der Waals surface area contributed by atoms with Gasteiger partial charge in [-0.25, -0.2) is 4.58 Å². The zero-order valence-corrected chi connectivity index (χ0v) is 7.33. The fourth-order valence-electron chi connectivity index (χ4n) is 1.31. The second-order valence-electron chi connectivity index (χ2n) is 3.42. The molecule has 0 saturated heterocycles. The van der Waals surface area contributed by atoms with Crippen molar-refractivity contribution >= 4 is 12.5 Å². The van der Waals surface area contributed by atoms with Crippen LogP contribution in [-0.2, 0) is 0 Å². The Labute approximate surface area is 72.6 Å². The van der Waals surface area contributed by atoms with Crippen molar-refractivity contribution in [3.63, 3.8) is 0 Å². The Balaban J connectivity index is 2.32. The predicted molar refractivity (Wildman–Crippen MR) is 49.2 cm³/mol. The van der Waals surface area contributed by atoms with Crippen LogP contribution >= 0.6 is 0 Å². The molecule has 1 aromatic rings. The minimum absolute atomic E-state index is 0.798. The minimum Gasteiger partial charge on any atom is -0.240 e. The molecular formula is C10H13N2+. The summed E-state index contributed by atoms with van der Waals surface area (Å²) < 4.78 is 1.80. The van der Waals surface area contributed by atoms with Gasteiger partial charge >= 0.3 is 5.82 Å². The third-order valence-corrected chi connectivity index (χ3v) is 2.21. The van der Waals surface area contributed by atoms with E-state index in [2.05, 4.69) is 23.8 Å². The molecular weight excluding hydrogens is 148 g/mol. The van der Waals surface area contributed by atoms with Crippen LogP contribution < -0.4 is 0 Å². The van der Waals surface area contributed by atoms with E-state index in [1.165, 1.54) is 18.4 Å². The van der Waals surface area contributed by atoms with E-state index in [0.29, 0.717) is 0 Å². The summed E-state index contributed by atoms with van der Waals surface area (Å²) in [7, 11) is 1.92. The Morgan fingerprint density at radius 1 is 1.58 bits per heavy atom. The summed E-state index contributed by atoms with van der Waals surface area (Å²) >= 11 is 0. The summed E-state index contributed by atoms with van der Waals surface area (Å²) in [5.74, 6) is 1.76. The first-order valence-corrected chi connectivity index (χ1v) is 4.27. The summed E-state index contributed by atoms with van der Waals surface area (Å²) in [6.07, 6.45) is 4.54. The molecule has 2 rings (SSSR count). The fourth-order valence-corrected chi connectivity index (χ4v) is 1.31. The highest BCUT2D eigenvalue weighted by Crippen LogP contribution is 2.40. The highest BCUT2D eigenvalue weighted by molar-refractivity contribution is 5.33. The van der Waals surface area contributed by atoms with Gasteiger partial charge in [-0.2, -0.15) is 0 Å². The predicted octanol–water partition coefficient (Wildman–Crippen LogP) is 1.93. The molecule has 12 heavy (non-hydrogen) atoms. The van der Waals surface area contributed by atoms with Gasteiger partial charge in [0.1, 0.15) is 6.20 Å². The number of rotatable bonds is 2. The van der Waals surface area contributed by atoms with E-state index in [1.807, 2.05) is 13.2 Å². The van der Waals surface area contributed by atoms with E-state index in [0.717, 1.165) is 11.7 Å². The summed E-state index contributed by atoms with van der Waals surface area (Å²) in [4.78, 5) is 4.21. The van der Waals surface area contributed by atoms with Crippen molar-refractivity contribution < 1.29 is 4.58 Å². The first-order chi connectivity index (χ1) is 5.77. The lowest BCUT2D eigenvalue weighted by Gasteiger charge is -1.96. The smallest absolute Gasteiger partial charge is 0.240 e. The molecule has 1 aromatic heterocycles. The first-order valence-electron chi connectivity index (χ1n) is 4.27. The van der Waals surface area contributed by atoms with Crippen molar-refractivity contribution in [2.75, 3.05) is 7.05 Å². The van der Waals surface area contributed by atoms with E-state index >= 15 is 0 Å². The van der Waals surface area contributed by atoms with Crippen LogP contribution in [0.3, 0.4) is 0 Å². The van der Waals surface area contributed by atoms with E-state index < -0.39 is 0 Å². The molecule has 0 aromatic carbocycles. The molecule has 0 radical (unpaired) electrons. The van der Waals surface area contributed by atoms with Gasteiger partial charge in [-0.3, -0.25) is 0 Å². The van der Waals surface area contributed by atoms with Crippen molar-refractivity contribution in [1.29, 1.82) is 0 Å². The van der Waals surface area contributed by atoms with Crippen LogP contribution in [0.25, 0.3) is 0 Å². The molecule has 0 N–H and O–H groups in total. The lowest BCUT2D eigenvalue weighted by atomic mass is 10.2. The topological polar surface area (TPSA) is 15.9 Å². The SMILES string of the molecule is C=[N+](C)c1cc(C2CC2)ccn1. The lowest BCUT2D eigenvalue weighted by Crippen LogP contribution is -1.96. The maximum absolute atomic E-state index is 4.21. The number of hydrogen-bond donors (Lipinski definition) is 0. The molecule has 0 atom stereocenters. The quantitative estimate of drug-likeness (QED) is 0.478. The van der Waals surface area contributed by atoms with Crippen LogP contribution in [-0.4, -0.2) is 23.3 Å². The van der Waals surface area contributed by atoms with Gasteiger partial charge in [-0.15, -0.1) is 0 Å². The van der Waals surface area contributed by atoms with Crippen molar-refractivity contribution in [3.8, 4) is 0 Å². The Morgan fingerprint density at radius 2 is 2.33 bits per heavy atom. The van der Waals surface area contributed by atoms with Crippen molar-refractivity contribution in [3.05, 3.63) is 23.9 Å². The number of nitrogens with zero attached hydrogens (tertiary/aromatic N) is 2. The molecule has 2 heteroatoms. The molecule has 1 heterocycles. The molecule has 0 aliphatic heterocycles. The van der Waals surface area contributed by atoms with Crippen LogP contribution in [0.5, 0.6) is 0 Å². The van der Waals surface area contributed by atoms with Gasteiger partial charge in [0.05, 0.1) is 13.8 Å². The van der Waals surface area contributed by atoms with Gasteiger partial charge in [0, 0.05) is 6.07 Å². The average Bonchev–Trinajstić information content (AvgIpc) is 2.87. The van der Waals surface area contributed by atoms with Gasteiger partial charge < -0.3 is 0 Å². The molecule has 0 unspecified atom stereocenters. The first kappa shape index (κ1) is 7.47. The van der Waals surface area contributed by atoms with Gasteiger partial charge in [-0.05, 0) is 35.4 Å². The average molecular weight is 161 g/mol. The largest absolute Gasteiger partial charge is 0.322 e. The van der Waals surface area contributed by atoms with Gasteiger partial charge in [0.15, 0.2) is 0 Å². The Hall–Kier alpha value is -1.18. The van der Waals surface area contributed by atoms with Crippen LogP contribution in [0.2, 0.25) is 0 Å². The second kappa shape index (κ2) is 2.70. The number of hydrogen-bond acceptors (Lipinski definition) is 1. The summed E-state index contributed by atoms with van der Waals surface area (Å²) in [5, 5.41) is 0. The third-order valence-electron chi connectivity index (χ3n) is 2.21. The van der Waals surface area contributed by atoms with Gasteiger partial charge in [-0.1, -0.05) is 0 Å². The molecule has 0 bridgehead atoms. The summed E-state index contributed by atoms with van der Waals surface area (Å²) in [5.41, 5.74) is 1.41. The Morgan fingerprint density at radius 3 is 2.92 bits per heavy atom. The molecule has 1 saturated carbocycles. The third kappa shape index (κ3) is 1.37. The van der Waals surface area contributed by atoms with Gasteiger partial charge in [0.2, 0.25) is 0 Å². The van der Waals surface area contributed by atoms with Crippen molar-refractivity contribution in [2.45, 2.75) is 18.8 Å². The van der Waals surface area contributed by atoms with E-state index in [9.17, 15) is 0 Å². The van der Waals surface area contributed by atoms with Crippen molar-refractivity contribution in [1.82, 2.24) is 4.98 Å². The van der Waals surface area contributed by atoms with Gasteiger partial charge in [0.25, 0.3) is 0 Å². The lowest BCUT2D eigenvalue weighted by molar-refractivity contribution is -0.399. The highest BCUT2D eigenvalue weighted by Gasteiger charge is 2.24. The summed E-state index contributed by atoms with van der Waals surface area (Å²) in [6.45, 7) is 3.80. The highest BCUT2D eigenvalue weighted by atomic mass is 15.0. The Bertz CT molecular complexity index is 313. The van der Waals surface area contributed by atoms with Crippen LogP contribution in [0.15, 0.2) is 18.3 Å². The second-order valence-corrected chi connectivity index (χ2v) is 3.42. The zero-order valence-electron chi connectivity index (χ0n) is 7.33. The van der Waals surface area contributed by atoms with Crippen LogP contribution in [0.1, 0.15) is 24.3 Å². The van der Waals surface area contributed by atoms with Crippen molar-refractivity contribution in [2.24, 2.45) is 0 Å². The normalized spacial score (nSPS) is 16.1. The minimum atomic E-state index is 0.798. The Kier molecular flexibility index (Phi) is 1.68. The maximum atomic E-state index is 4.21. The molecule has 62 valence electrons. The standard InChI is InChI=1S/C10H13N2/c1-12(2)10-7-9(5-6-11-10)8-3-4-8/h5-8H,1,3-4H2,2H3/q+1. The molecule has 1 fully saturated rings. The fraction of sp³-hybridized carbons (Fsp3) is 0.400. The number of pyridine rings is 1. The molecule has 0 amide bonds. The van der Waals surface area contributed by atoms with E-state index in [1.54, 1.807) is 4.58 Å². The monoisotopic (exact) mass is 161 g/mol. The zero-order chi connectivity index (χ0) is 8.55. The maximum Gasteiger partial charge on any atom is 0.322 e.